The monoisotopic (exact) mass is 380 g/mol. The van der Waals surface area contributed by atoms with Crippen molar-refractivity contribution in [3.63, 3.8) is 0 Å². The number of aromatic nitrogens is 2. The van der Waals surface area contributed by atoms with Crippen molar-refractivity contribution in [2.45, 2.75) is 10.9 Å². The highest BCUT2D eigenvalue weighted by Crippen LogP contribution is 2.25. The molecule has 0 amide bonds. The number of benzene rings is 3. The van der Waals surface area contributed by atoms with Crippen LogP contribution in [0.25, 0.3) is 16.6 Å². The molecule has 4 aromatic rings. The molecule has 0 saturated heterocycles. The van der Waals surface area contributed by atoms with E-state index in [9.17, 15) is 13.6 Å². The number of halogens is 2. The van der Waals surface area contributed by atoms with E-state index in [4.69, 9.17) is 0 Å². The maximum absolute atomic E-state index is 13.8. The van der Waals surface area contributed by atoms with E-state index in [1.54, 1.807) is 18.2 Å². The van der Waals surface area contributed by atoms with Crippen LogP contribution in [0.15, 0.2) is 82.7 Å². The second-order valence-corrected chi connectivity index (χ2v) is 6.87. The van der Waals surface area contributed by atoms with E-state index in [0.717, 1.165) is 17.7 Å². The molecule has 6 heteroatoms. The quantitative estimate of drug-likeness (QED) is 0.371. The molecule has 3 nitrogen and oxygen atoms in total. The molecule has 0 aliphatic rings. The van der Waals surface area contributed by atoms with Crippen molar-refractivity contribution < 1.29 is 8.78 Å². The van der Waals surface area contributed by atoms with Gasteiger partial charge < -0.3 is 0 Å². The third-order valence-electron chi connectivity index (χ3n) is 4.12. The molecule has 0 N–H and O–H groups in total. The minimum atomic E-state index is -1.01. The number of para-hydroxylation sites is 1. The van der Waals surface area contributed by atoms with E-state index in [-0.39, 0.29) is 11.2 Å². The Morgan fingerprint density at radius 3 is 2.41 bits per heavy atom. The van der Waals surface area contributed by atoms with Crippen molar-refractivity contribution >= 4 is 22.7 Å². The molecular weight excluding hydrogens is 366 g/mol. The van der Waals surface area contributed by atoms with Gasteiger partial charge in [0.2, 0.25) is 0 Å². The van der Waals surface area contributed by atoms with E-state index in [0.29, 0.717) is 21.8 Å². The summed E-state index contributed by atoms with van der Waals surface area (Å²) < 4.78 is 28.5. The fourth-order valence-corrected chi connectivity index (χ4v) is 3.75. The van der Waals surface area contributed by atoms with E-state index >= 15 is 0 Å². The van der Waals surface area contributed by atoms with Gasteiger partial charge in [-0.2, -0.15) is 0 Å². The molecule has 134 valence electrons. The second-order valence-electron chi connectivity index (χ2n) is 5.92. The lowest BCUT2D eigenvalue weighted by Crippen LogP contribution is -2.22. The molecule has 0 fully saturated rings. The van der Waals surface area contributed by atoms with Gasteiger partial charge in [0.25, 0.3) is 5.56 Å². The number of hydrogen-bond donors (Lipinski definition) is 0. The molecule has 0 aliphatic heterocycles. The smallest absolute Gasteiger partial charge is 0.266 e. The Morgan fingerprint density at radius 1 is 0.889 bits per heavy atom. The SMILES string of the molecule is O=c1c2ccccc2nc(SCc2ccccc2)n1-c1ccc(F)c(F)c1. The first-order chi connectivity index (χ1) is 13.1. The zero-order valence-corrected chi connectivity index (χ0v) is 14.9. The molecule has 0 spiro atoms. The number of rotatable bonds is 4. The highest BCUT2D eigenvalue weighted by Gasteiger charge is 2.15. The molecule has 0 radical (unpaired) electrons. The second kappa shape index (κ2) is 7.32. The molecule has 0 saturated carbocycles. The normalized spacial score (nSPS) is 11.0. The summed E-state index contributed by atoms with van der Waals surface area (Å²) in [5.74, 6) is -1.37. The fourth-order valence-electron chi connectivity index (χ4n) is 2.78. The molecule has 4 rings (SSSR count). The maximum Gasteiger partial charge on any atom is 0.266 e. The summed E-state index contributed by atoms with van der Waals surface area (Å²) in [5.41, 5.74) is 1.56. The first-order valence-corrected chi connectivity index (χ1v) is 9.26. The van der Waals surface area contributed by atoms with Crippen LogP contribution in [0.1, 0.15) is 5.56 Å². The molecule has 0 bridgehead atoms. The van der Waals surface area contributed by atoms with Crippen molar-refractivity contribution in [1.29, 1.82) is 0 Å². The summed E-state index contributed by atoms with van der Waals surface area (Å²) >= 11 is 1.37. The molecule has 27 heavy (non-hydrogen) atoms. The molecule has 0 unspecified atom stereocenters. The van der Waals surface area contributed by atoms with Gasteiger partial charge in [-0.25, -0.2) is 13.8 Å². The first-order valence-electron chi connectivity index (χ1n) is 8.27. The highest BCUT2D eigenvalue weighted by atomic mass is 32.2. The molecule has 3 aromatic carbocycles. The summed E-state index contributed by atoms with van der Waals surface area (Å²) in [6, 6.07) is 20.2. The van der Waals surface area contributed by atoms with Gasteiger partial charge in [0, 0.05) is 11.8 Å². The van der Waals surface area contributed by atoms with Crippen LogP contribution in [-0.2, 0) is 5.75 Å². The Bertz CT molecular complexity index is 1180. The van der Waals surface area contributed by atoms with Crippen LogP contribution < -0.4 is 5.56 Å². The van der Waals surface area contributed by atoms with Gasteiger partial charge in [-0.15, -0.1) is 0 Å². The maximum atomic E-state index is 13.8. The summed E-state index contributed by atoms with van der Waals surface area (Å²) in [4.78, 5) is 17.6. The standard InChI is InChI=1S/C21H14F2N2OS/c22-17-11-10-15(12-18(17)23)25-20(26)16-8-4-5-9-19(16)24-21(25)27-13-14-6-2-1-3-7-14/h1-12H,13H2. The van der Waals surface area contributed by atoms with Crippen molar-refractivity contribution in [3.8, 4) is 5.69 Å². The van der Waals surface area contributed by atoms with Gasteiger partial charge in [-0.3, -0.25) is 9.36 Å². The lowest BCUT2D eigenvalue weighted by molar-refractivity contribution is 0.507. The van der Waals surface area contributed by atoms with Gasteiger partial charge in [-0.1, -0.05) is 54.2 Å². The Morgan fingerprint density at radius 2 is 1.63 bits per heavy atom. The van der Waals surface area contributed by atoms with Crippen LogP contribution in [0.2, 0.25) is 0 Å². The zero-order chi connectivity index (χ0) is 18.8. The topological polar surface area (TPSA) is 34.9 Å². The van der Waals surface area contributed by atoms with Crippen molar-refractivity contribution in [3.05, 3.63) is 100 Å². The predicted molar refractivity (Wildman–Crippen MR) is 103 cm³/mol. The lowest BCUT2D eigenvalue weighted by atomic mass is 10.2. The van der Waals surface area contributed by atoms with Gasteiger partial charge in [0.1, 0.15) is 0 Å². The van der Waals surface area contributed by atoms with Crippen LogP contribution in [-0.4, -0.2) is 9.55 Å². The van der Waals surface area contributed by atoms with E-state index < -0.39 is 11.6 Å². The average molecular weight is 380 g/mol. The number of thioether (sulfide) groups is 1. The van der Waals surface area contributed by atoms with Crippen LogP contribution >= 0.6 is 11.8 Å². The predicted octanol–water partition coefficient (Wildman–Crippen LogP) is 4.96. The average Bonchev–Trinajstić information content (AvgIpc) is 2.70. The summed E-state index contributed by atoms with van der Waals surface area (Å²) in [6.07, 6.45) is 0. The molecule has 0 atom stereocenters. The van der Waals surface area contributed by atoms with Crippen LogP contribution in [0.4, 0.5) is 8.78 Å². The zero-order valence-electron chi connectivity index (χ0n) is 14.1. The van der Waals surface area contributed by atoms with Gasteiger partial charge in [0.05, 0.1) is 16.6 Å². The van der Waals surface area contributed by atoms with Crippen LogP contribution in [0.5, 0.6) is 0 Å². The van der Waals surface area contributed by atoms with Crippen LogP contribution in [0, 0.1) is 11.6 Å². The summed E-state index contributed by atoms with van der Waals surface area (Å²) in [5, 5.41) is 0.847. The van der Waals surface area contributed by atoms with E-state index in [1.165, 1.54) is 22.4 Å². The van der Waals surface area contributed by atoms with E-state index in [2.05, 4.69) is 4.98 Å². The molecule has 0 aliphatic carbocycles. The number of fused-ring (bicyclic) bond motifs is 1. The molecule has 1 aromatic heterocycles. The lowest BCUT2D eigenvalue weighted by Gasteiger charge is -2.13. The third-order valence-corrected chi connectivity index (χ3v) is 5.13. The van der Waals surface area contributed by atoms with Crippen molar-refractivity contribution in [1.82, 2.24) is 9.55 Å². The van der Waals surface area contributed by atoms with Gasteiger partial charge in [0.15, 0.2) is 16.8 Å². The minimum Gasteiger partial charge on any atom is -0.268 e. The molecular formula is C21H14F2N2OS. The fraction of sp³-hybridized carbons (Fsp3) is 0.0476. The van der Waals surface area contributed by atoms with Crippen molar-refractivity contribution in [2.75, 3.05) is 0 Å². The largest absolute Gasteiger partial charge is 0.268 e. The Hall–Kier alpha value is -2.99. The van der Waals surface area contributed by atoms with Gasteiger partial charge >= 0.3 is 0 Å². The van der Waals surface area contributed by atoms with Crippen molar-refractivity contribution in [2.24, 2.45) is 0 Å². The first kappa shape index (κ1) is 17.4. The third kappa shape index (κ3) is 3.48. The highest BCUT2D eigenvalue weighted by molar-refractivity contribution is 7.98. The summed E-state index contributed by atoms with van der Waals surface area (Å²) in [7, 11) is 0. The Labute approximate surface area is 158 Å². The van der Waals surface area contributed by atoms with Gasteiger partial charge in [-0.05, 0) is 29.8 Å². The number of nitrogens with zero attached hydrogens (tertiary/aromatic N) is 2. The van der Waals surface area contributed by atoms with Crippen LogP contribution in [0.3, 0.4) is 0 Å². The minimum absolute atomic E-state index is 0.243. The molecule has 1 heterocycles. The number of hydrogen-bond acceptors (Lipinski definition) is 3. The Kier molecular flexibility index (Phi) is 4.73. The van der Waals surface area contributed by atoms with E-state index in [1.807, 2.05) is 36.4 Å². The Balaban J connectivity index is 1.87. The summed E-state index contributed by atoms with van der Waals surface area (Å²) in [6.45, 7) is 0.